The van der Waals surface area contributed by atoms with E-state index >= 15 is 0 Å². The molecule has 0 aliphatic carbocycles. The maximum atomic E-state index is 12.4. The molecule has 0 saturated heterocycles. The number of ether oxygens (including phenoxy) is 1. The van der Waals surface area contributed by atoms with Crippen LogP contribution in [0.4, 0.5) is 0 Å². The van der Waals surface area contributed by atoms with Gasteiger partial charge in [0.15, 0.2) is 5.96 Å². The van der Waals surface area contributed by atoms with Crippen LogP contribution in [0.25, 0.3) is 0 Å². The normalized spacial score (nSPS) is 11.1. The lowest BCUT2D eigenvalue weighted by molar-refractivity contribution is -0.144. The van der Waals surface area contributed by atoms with Crippen LogP contribution in [-0.4, -0.2) is 31.0 Å². The summed E-state index contributed by atoms with van der Waals surface area (Å²) in [6.07, 6.45) is 0. The second-order valence-corrected chi connectivity index (χ2v) is 6.98. The van der Waals surface area contributed by atoms with Crippen LogP contribution >= 0.6 is 0 Å². The Kier molecular flexibility index (Phi) is 8.00. The summed E-state index contributed by atoms with van der Waals surface area (Å²) in [5, 5.41) is 2.71. The lowest BCUT2D eigenvalue weighted by Gasteiger charge is -2.19. The Morgan fingerprint density at radius 3 is 2.00 bits per heavy atom. The Balaban J connectivity index is 2.03. The summed E-state index contributed by atoms with van der Waals surface area (Å²) in [5.74, 6) is 5.30. The summed E-state index contributed by atoms with van der Waals surface area (Å²) in [5.41, 5.74) is 13.7. The Labute approximate surface area is 176 Å². The van der Waals surface area contributed by atoms with Gasteiger partial charge in [0, 0.05) is 16.7 Å². The number of amides is 1. The SMILES string of the molecule is COC(=O)[C@@H](NC(=O)c1ccc(C#Cc2ccc(CN=C(N)N)cc2)cc1)C(C)C. The topological polar surface area (TPSA) is 120 Å². The molecule has 2 aromatic rings. The van der Waals surface area contributed by atoms with E-state index in [2.05, 4.69) is 22.2 Å². The van der Waals surface area contributed by atoms with Crippen molar-refractivity contribution in [3.63, 3.8) is 0 Å². The molecule has 0 aliphatic rings. The van der Waals surface area contributed by atoms with Crippen LogP contribution in [0.5, 0.6) is 0 Å². The number of guanidine groups is 1. The monoisotopic (exact) mass is 406 g/mol. The predicted molar refractivity (Wildman–Crippen MR) is 116 cm³/mol. The molecule has 0 radical (unpaired) electrons. The van der Waals surface area contributed by atoms with Crippen LogP contribution in [0.15, 0.2) is 53.5 Å². The first-order chi connectivity index (χ1) is 14.3. The lowest BCUT2D eigenvalue weighted by Crippen LogP contribution is -2.45. The molecule has 0 spiro atoms. The first kappa shape index (κ1) is 22.5. The molecule has 156 valence electrons. The summed E-state index contributed by atoms with van der Waals surface area (Å²) >= 11 is 0. The Morgan fingerprint density at radius 1 is 1.00 bits per heavy atom. The molecule has 0 fully saturated rings. The van der Waals surface area contributed by atoms with Crippen LogP contribution in [0, 0.1) is 17.8 Å². The number of nitrogens with one attached hydrogen (secondary N) is 1. The number of nitrogens with zero attached hydrogens (tertiary/aromatic N) is 1. The van der Waals surface area contributed by atoms with Crippen LogP contribution in [0.1, 0.15) is 40.9 Å². The van der Waals surface area contributed by atoms with E-state index in [1.165, 1.54) is 7.11 Å². The van der Waals surface area contributed by atoms with Crippen LogP contribution in [0.2, 0.25) is 0 Å². The molecular weight excluding hydrogens is 380 g/mol. The van der Waals surface area contributed by atoms with Crippen molar-refractivity contribution in [1.82, 2.24) is 5.32 Å². The fourth-order valence-corrected chi connectivity index (χ4v) is 2.57. The molecule has 0 aromatic heterocycles. The number of rotatable bonds is 6. The van der Waals surface area contributed by atoms with Crippen LogP contribution in [-0.2, 0) is 16.1 Å². The number of nitrogens with two attached hydrogens (primary N) is 2. The predicted octanol–water partition coefficient (Wildman–Crippen LogP) is 1.79. The van der Waals surface area contributed by atoms with E-state index < -0.39 is 12.0 Å². The summed E-state index contributed by atoms with van der Waals surface area (Å²) in [7, 11) is 1.30. The Morgan fingerprint density at radius 2 is 1.53 bits per heavy atom. The molecule has 2 rings (SSSR count). The molecule has 0 bridgehead atoms. The maximum absolute atomic E-state index is 12.4. The number of esters is 1. The molecule has 5 N–H and O–H groups in total. The molecule has 7 heteroatoms. The fraction of sp³-hybridized carbons (Fsp3) is 0.261. The van der Waals surface area contributed by atoms with Crippen molar-refractivity contribution in [2.75, 3.05) is 7.11 Å². The third kappa shape index (κ3) is 6.67. The fourth-order valence-electron chi connectivity index (χ4n) is 2.57. The smallest absolute Gasteiger partial charge is 0.328 e. The first-order valence-corrected chi connectivity index (χ1v) is 9.45. The number of aliphatic imine (C=N–C) groups is 1. The van der Waals surface area contributed by atoms with Crippen molar-refractivity contribution in [3.05, 3.63) is 70.8 Å². The van der Waals surface area contributed by atoms with Crippen molar-refractivity contribution in [2.24, 2.45) is 22.4 Å². The van der Waals surface area contributed by atoms with Gasteiger partial charge < -0.3 is 21.5 Å². The zero-order valence-corrected chi connectivity index (χ0v) is 17.3. The van der Waals surface area contributed by atoms with Gasteiger partial charge in [-0.1, -0.05) is 37.8 Å². The minimum atomic E-state index is -0.697. The zero-order valence-electron chi connectivity index (χ0n) is 17.3. The number of benzene rings is 2. The Bertz CT molecular complexity index is 964. The standard InChI is InChI=1S/C23H26N4O3/c1-15(2)20(22(29)30-3)27-21(28)19-12-10-17(11-13-19)5-4-16-6-8-18(9-7-16)14-26-23(24)25/h6-13,15,20H,14H2,1-3H3,(H,27,28)(H4,24,25,26)/t20-/m0/s1. The van der Waals surface area contributed by atoms with Gasteiger partial charge in [-0.25, -0.2) is 9.79 Å². The van der Waals surface area contributed by atoms with Gasteiger partial charge in [-0.05, 0) is 47.9 Å². The third-order valence-electron chi connectivity index (χ3n) is 4.30. The van der Waals surface area contributed by atoms with E-state index in [1.54, 1.807) is 24.3 Å². The molecule has 0 heterocycles. The van der Waals surface area contributed by atoms with Gasteiger partial charge in [0.25, 0.3) is 5.91 Å². The van der Waals surface area contributed by atoms with Crippen LogP contribution in [0.3, 0.4) is 0 Å². The van der Waals surface area contributed by atoms with Gasteiger partial charge in [0.2, 0.25) is 0 Å². The van der Waals surface area contributed by atoms with Gasteiger partial charge >= 0.3 is 5.97 Å². The number of carbonyl (C=O) groups excluding carboxylic acids is 2. The number of carbonyl (C=O) groups is 2. The van der Waals surface area contributed by atoms with Crippen molar-refractivity contribution in [3.8, 4) is 11.8 Å². The van der Waals surface area contributed by atoms with Crippen molar-refractivity contribution < 1.29 is 14.3 Å². The van der Waals surface area contributed by atoms with Gasteiger partial charge in [-0.15, -0.1) is 0 Å². The summed E-state index contributed by atoms with van der Waals surface area (Å²) < 4.78 is 4.75. The highest BCUT2D eigenvalue weighted by Crippen LogP contribution is 2.09. The van der Waals surface area contributed by atoms with Gasteiger partial charge in [-0.3, -0.25) is 4.79 Å². The summed E-state index contributed by atoms with van der Waals surface area (Å²) in [6.45, 7) is 4.11. The summed E-state index contributed by atoms with van der Waals surface area (Å²) in [4.78, 5) is 28.2. The first-order valence-electron chi connectivity index (χ1n) is 9.45. The van der Waals surface area contributed by atoms with Crippen LogP contribution < -0.4 is 16.8 Å². The highest BCUT2D eigenvalue weighted by molar-refractivity contribution is 5.96. The van der Waals surface area contributed by atoms with Crippen molar-refractivity contribution >= 4 is 17.8 Å². The molecule has 30 heavy (non-hydrogen) atoms. The zero-order chi connectivity index (χ0) is 22.1. The molecule has 1 atom stereocenters. The average molecular weight is 406 g/mol. The quantitative estimate of drug-likeness (QED) is 0.292. The Hall–Kier alpha value is -3.79. The number of methoxy groups -OCH3 is 1. The molecule has 0 saturated carbocycles. The average Bonchev–Trinajstić information content (AvgIpc) is 2.74. The molecule has 0 aliphatic heterocycles. The largest absolute Gasteiger partial charge is 0.467 e. The second kappa shape index (κ2) is 10.7. The number of hydrogen-bond acceptors (Lipinski definition) is 4. The van der Waals surface area contributed by atoms with E-state index in [1.807, 2.05) is 38.1 Å². The van der Waals surface area contributed by atoms with E-state index in [-0.39, 0.29) is 17.8 Å². The minimum Gasteiger partial charge on any atom is -0.467 e. The van der Waals surface area contributed by atoms with E-state index in [0.29, 0.717) is 12.1 Å². The molecular formula is C23H26N4O3. The van der Waals surface area contributed by atoms with E-state index in [4.69, 9.17) is 16.2 Å². The number of hydrogen-bond donors (Lipinski definition) is 3. The molecule has 7 nitrogen and oxygen atoms in total. The van der Waals surface area contributed by atoms with Gasteiger partial charge in [-0.2, -0.15) is 0 Å². The van der Waals surface area contributed by atoms with Crippen molar-refractivity contribution in [2.45, 2.75) is 26.4 Å². The molecule has 2 aromatic carbocycles. The van der Waals surface area contributed by atoms with E-state index in [0.717, 1.165) is 16.7 Å². The third-order valence-corrected chi connectivity index (χ3v) is 4.30. The highest BCUT2D eigenvalue weighted by atomic mass is 16.5. The molecule has 0 unspecified atom stereocenters. The van der Waals surface area contributed by atoms with Gasteiger partial charge in [0.05, 0.1) is 13.7 Å². The maximum Gasteiger partial charge on any atom is 0.328 e. The lowest BCUT2D eigenvalue weighted by atomic mass is 10.0. The summed E-state index contributed by atoms with van der Waals surface area (Å²) in [6, 6.07) is 13.8. The molecule has 1 amide bonds. The van der Waals surface area contributed by atoms with Gasteiger partial charge in [0.1, 0.15) is 6.04 Å². The van der Waals surface area contributed by atoms with E-state index in [9.17, 15) is 9.59 Å². The van der Waals surface area contributed by atoms with Crippen molar-refractivity contribution in [1.29, 1.82) is 0 Å². The minimum absolute atomic E-state index is 0.0565. The highest BCUT2D eigenvalue weighted by Gasteiger charge is 2.25. The second-order valence-electron chi connectivity index (χ2n) is 6.98.